The zero-order valence-corrected chi connectivity index (χ0v) is 11.7. The van der Waals surface area contributed by atoms with Crippen LogP contribution in [0.4, 0.5) is 0 Å². The van der Waals surface area contributed by atoms with E-state index in [0.29, 0.717) is 6.10 Å². The fourth-order valence-electron chi connectivity index (χ4n) is 2.12. The lowest BCUT2D eigenvalue weighted by Crippen LogP contribution is -2.26. The van der Waals surface area contributed by atoms with Crippen LogP contribution in [0.3, 0.4) is 0 Å². The molecular weight excluding hydrogens is 214 g/mol. The van der Waals surface area contributed by atoms with Gasteiger partial charge in [0.25, 0.3) is 0 Å². The highest BCUT2D eigenvalue weighted by molar-refractivity contribution is 4.72. The molecule has 1 aliphatic rings. The molecule has 1 saturated carbocycles. The Bertz CT molecular complexity index is 153. The summed E-state index contributed by atoms with van der Waals surface area (Å²) < 4.78 is 5.74. The molecule has 0 saturated heterocycles. The van der Waals surface area contributed by atoms with Crippen LogP contribution >= 0.6 is 0 Å². The minimum absolute atomic E-state index is 0.124. The third-order valence-corrected chi connectivity index (χ3v) is 3.05. The molecule has 104 valence electrons. The van der Waals surface area contributed by atoms with Crippen LogP contribution in [-0.2, 0) is 4.74 Å². The van der Waals surface area contributed by atoms with Crippen LogP contribution in [0.5, 0.6) is 0 Å². The number of rotatable bonds is 7. The van der Waals surface area contributed by atoms with E-state index in [2.05, 4.69) is 0 Å². The van der Waals surface area contributed by atoms with Crippen LogP contribution < -0.4 is 5.73 Å². The van der Waals surface area contributed by atoms with Crippen molar-refractivity contribution in [3.63, 3.8) is 0 Å². The lowest BCUT2D eigenvalue weighted by molar-refractivity contribution is -0.0156. The first-order valence-electron chi connectivity index (χ1n) is 7.32. The third-order valence-electron chi connectivity index (χ3n) is 3.05. The zero-order valence-electron chi connectivity index (χ0n) is 11.7. The van der Waals surface area contributed by atoms with Crippen molar-refractivity contribution in [2.45, 2.75) is 77.4 Å². The fourth-order valence-corrected chi connectivity index (χ4v) is 2.12. The Morgan fingerprint density at radius 2 is 1.82 bits per heavy atom. The summed E-state index contributed by atoms with van der Waals surface area (Å²) in [5.74, 6) is 0. The zero-order chi connectivity index (χ0) is 12.9. The van der Waals surface area contributed by atoms with Gasteiger partial charge in [-0.25, -0.2) is 0 Å². The maximum absolute atomic E-state index is 9.46. The van der Waals surface area contributed by atoms with Crippen molar-refractivity contribution >= 4 is 0 Å². The lowest BCUT2D eigenvalue weighted by Gasteiger charge is -2.25. The summed E-state index contributed by atoms with van der Waals surface area (Å²) in [5.41, 5.74) is 5.42. The van der Waals surface area contributed by atoms with Gasteiger partial charge in [-0.1, -0.05) is 26.7 Å². The molecule has 0 aromatic heterocycles. The van der Waals surface area contributed by atoms with Crippen LogP contribution in [0.25, 0.3) is 0 Å². The number of nitrogens with two attached hydrogens (primary N) is 1. The molecular formula is C14H31NO2. The minimum atomic E-state index is -0.124. The monoisotopic (exact) mass is 245 g/mol. The lowest BCUT2D eigenvalue weighted by atomic mass is 9.95. The summed E-state index contributed by atoms with van der Waals surface area (Å²) >= 11 is 0. The van der Waals surface area contributed by atoms with E-state index in [1.54, 1.807) is 0 Å². The fraction of sp³-hybridized carbons (Fsp3) is 1.00. The van der Waals surface area contributed by atoms with Gasteiger partial charge in [-0.05, 0) is 45.1 Å². The number of hydrogen-bond acceptors (Lipinski definition) is 3. The van der Waals surface area contributed by atoms with Gasteiger partial charge in [0.2, 0.25) is 0 Å². The van der Waals surface area contributed by atoms with E-state index in [0.717, 1.165) is 51.7 Å². The Balaban J connectivity index is 0.00000121. The molecule has 3 nitrogen and oxygen atoms in total. The van der Waals surface area contributed by atoms with E-state index in [-0.39, 0.29) is 6.10 Å². The van der Waals surface area contributed by atoms with Crippen molar-refractivity contribution in [2.75, 3.05) is 13.2 Å². The first-order chi connectivity index (χ1) is 8.33. The third kappa shape index (κ3) is 9.57. The number of aliphatic hydroxyl groups excluding tert-OH is 1. The van der Waals surface area contributed by atoms with E-state index in [1.165, 1.54) is 12.8 Å². The molecule has 2 atom stereocenters. The minimum Gasteiger partial charge on any atom is -0.393 e. The van der Waals surface area contributed by atoms with Gasteiger partial charge in [0.15, 0.2) is 0 Å². The molecule has 2 unspecified atom stereocenters. The van der Waals surface area contributed by atoms with Crippen molar-refractivity contribution in [2.24, 2.45) is 5.73 Å². The second kappa shape index (κ2) is 12.3. The highest BCUT2D eigenvalue weighted by atomic mass is 16.5. The summed E-state index contributed by atoms with van der Waals surface area (Å²) in [6, 6.07) is 0. The normalized spacial score (nSPS) is 24.0. The van der Waals surface area contributed by atoms with Gasteiger partial charge in [-0.15, -0.1) is 0 Å². The summed E-state index contributed by atoms with van der Waals surface area (Å²) in [7, 11) is 0. The van der Waals surface area contributed by atoms with Crippen LogP contribution in [0.1, 0.15) is 65.2 Å². The number of unbranched alkanes of at least 4 members (excludes halogenated alkanes) is 3. The second-order valence-corrected chi connectivity index (χ2v) is 4.52. The summed E-state index contributed by atoms with van der Waals surface area (Å²) in [4.78, 5) is 0. The van der Waals surface area contributed by atoms with Gasteiger partial charge in [-0.2, -0.15) is 0 Å². The molecule has 0 amide bonds. The molecule has 1 aliphatic carbocycles. The van der Waals surface area contributed by atoms with E-state index >= 15 is 0 Å². The number of ether oxygens (including phenoxy) is 1. The quantitative estimate of drug-likeness (QED) is 0.678. The van der Waals surface area contributed by atoms with Crippen molar-refractivity contribution in [3.8, 4) is 0 Å². The molecule has 0 aromatic carbocycles. The number of hydrogen-bond donors (Lipinski definition) is 2. The molecule has 3 heteroatoms. The smallest absolute Gasteiger partial charge is 0.0599 e. The van der Waals surface area contributed by atoms with Gasteiger partial charge in [0, 0.05) is 6.61 Å². The van der Waals surface area contributed by atoms with Crippen molar-refractivity contribution < 1.29 is 9.84 Å². The molecule has 3 N–H and O–H groups in total. The van der Waals surface area contributed by atoms with Gasteiger partial charge >= 0.3 is 0 Å². The van der Waals surface area contributed by atoms with Crippen LogP contribution in [0, 0.1) is 0 Å². The molecule has 1 rings (SSSR count). The highest BCUT2D eigenvalue weighted by Gasteiger charge is 2.19. The first kappa shape index (κ1) is 16.9. The summed E-state index contributed by atoms with van der Waals surface area (Å²) in [6.45, 7) is 5.65. The van der Waals surface area contributed by atoms with Gasteiger partial charge < -0.3 is 15.6 Å². The average Bonchev–Trinajstić information content (AvgIpc) is 2.36. The second-order valence-electron chi connectivity index (χ2n) is 4.52. The summed E-state index contributed by atoms with van der Waals surface area (Å²) in [6.07, 6.45) is 8.90. The Hall–Kier alpha value is -0.120. The Morgan fingerprint density at radius 1 is 1.12 bits per heavy atom. The van der Waals surface area contributed by atoms with E-state index < -0.39 is 0 Å². The molecule has 0 aromatic rings. The largest absolute Gasteiger partial charge is 0.393 e. The van der Waals surface area contributed by atoms with Crippen molar-refractivity contribution in [3.05, 3.63) is 0 Å². The highest BCUT2D eigenvalue weighted by Crippen LogP contribution is 2.21. The van der Waals surface area contributed by atoms with E-state index in [1.807, 2.05) is 13.8 Å². The predicted octanol–water partition coefficient (Wildman–Crippen LogP) is 2.85. The molecule has 0 spiro atoms. The SMILES string of the molecule is CC.NCCCCCCOC1CCCC(O)C1. The average molecular weight is 245 g/mol. The molecule has 1 fully saturated rings. The standard InChI is InChI=1S/C12H25NO2.C2H6/c13-8-3-1-2-4-9-15-12-7-5-6-11(14)10-12;1-2/h11-12,14H,1-10,13H2;1-2H3. The van der Waals surface area contributed by atoms with E-state index in [9.17, 15) is 5.11 Å². The first-order valence-corrected chi connectivity index (χ1v) is 7.32. The number of aliphatic hydroxyl groups is 1. The molecule has 17 heavy (non-hydrogen) atoms. The van der Waals surface area contributed by atoms with Crippen molar-refractivity contribution in [1.29, 1.82) is 0 Å². The molecule has 0 radical (unpaired) electrons. The molecule has 0 heterocycles. The molecule has 0 aliphatic heterocycles. The van der Waals surface area contributed by atoms with Crippen LogP contribution in [-0.4, -0.2) is 30.5 Å². The Kier molecular flexibility index (Phi) is 12.3. The summed E-state index contributed by atoms with van der Waals surface area (Å²) in [5, 5.41) is 9.46. The van der Waals surface area contributed by atoms with Crippen LogP contribution in [0.15, 0.2) is 0 Å². The van der Waals surface area contributed by atoms with Gasteiger partial charge in [-0.3, -0.25) is 0 Å². The Labute approximate surface area is 107 Å². The van der Waals surface area contributed by atoms with Crippen molar-refractivity contribution in [1.82, 2.24) is 0 Å². The Morgan fingerprint density at radius 3 is 2.47 bits per heavy atom. The van der Waals surface area contributed by atoms with Gasteiger partial charge in [0.05, 0.1) is 12.2 Å². The topological polar surface area (TPSA) is 55.5 Å². The maximum atomic E-state index is 9.46. The van der Waals surface area contributed by atoms with E-state index in [4.69, 9.17) is 10.5 Å². The van der Waals surface area contributed by atoms with Crippen LogP contribution in [0.2, 0.25) is 0 Å². The maximum Gasteiger partial charge on any atom is 0.0599 e. The predicted molar refractivity (Wildman–Crippen MR) is 73.1 cm³/mol. The molecule has 0 bridgehead atoms. The van der Waals surface area contributed by atoms with Gasteiger partial charge in [0.1, 0.15) is 0 Å².